The molecule has 1 heterocycles. The molecule has 0 bridgehead atoms. The summed E-state index contributed by atoms with van der Waals surface area (Å²) in [5.41, 5.74) is 2.63. The number of halogens is 3. The minimum atomic E-state index is -0.367. The van der Waals surface area contributed by atoms with Gasteiger partial charge in [0.15, 0.2) is 5.11 Å². The molecule has 2 aromatic carbocycles. The molecule has 0 unspecified atom stereocenters. The quantitative estimate of drug-likeness (QED) is 0.509. The highest BCUT2D eigenvalue weighted by atomic mass is 79.9. The third-order valence-electron chi connectivity index (χ3n) is 3.58. The van der Waals surface area contributed by atoms with Crippen LogP contribution in [0.2, 0.25) is 10.0 Å². The predicted molar refractivity (Wildman–Crippen MR) is 111 cm³/mol. The lowest BCUT2D eigenvalue weighted by Crippen LogP contribution is -2.29. The summed E-state index contributed by atoms with van der Waals surface area (Å²) in [6, 6.07) is 9.06. The number of hydrogen-bond acceptors (Lipinski definition) is 3. The van der Waals surface area contributed by atoms with Crippen molar-refractivity contribution in [1.82, 2.24) is 14.9 Å². The number of nitrogens with one attached hydrogen (secondary N) is 3. The Balaban J connectivity index is 1.97. The van der Waals surface area contributed by atoms with Crippen LogP contribution in [0, 0.1) is 0 Å². The van der Waals surface area contributed by atoms with Gasteiger partial charge in [-0.05, 0) is 65.0 Å². The zero-order valence-corrected chi connectivity index (χ0v) is 16.9. The molecule has 3 aromatic rings. The zero-order chi connectivity index (χ0) is 18.1. The third kappa shape index (κ3) is 3.75. The van der Waals surface area contributed by atoms with E-state index in [1.54, 1.807) is 12.1 Å². The van der Waals surface area contributed by atoms with Crippen molar-refractivity contribution in [3.63, 3.8) is 0 Å². The van der Waals surface area contributed by atoms with Crippen LogP contribution in [0.25, 0.3) is 11.0 Å². The van der Waals surface area contributed by atoms with Crippen LogP contribution in [0.3, 0.4) is 0 Å². The number of aromatic nitrogens is 2. The molecule has 0 radical (unpaired) electrons. The molecule has 0 spiro atoms. The van der Waals surface area contributed by atoms with E-state index in [9.17, 15) is 4.79 Å². The molecule has 0 saturated heterocycles. The summed E-state index contributed by atoms with van der Waals surface area (Å²) in [5.74, 6) is 0. The van der Waals surface area contributed by atoms with Gasteiger partial charge in [0.25, 0.3) is 0 Å². The molecule has 0 saturated carbocycles. The highest BCUT2D eigenvalue weighted by Gasteiger charge is 2.14. The van der Waals surface area contributed by atoms with Crippen LogP contribution >= 0.6 is 51.3 Å². The monoisotopic (exact) mass is 458 g/mol. The van der Waals surface area contributed by atoms with E-state index >= 15 is 0 Å². The number of fused-ring (bicyclic) bond motifs is 1. The number of hydrogen-bond donors (Lipinski definition) is 3. The van der Waals surface area contributed by atoms with Crippen LogP contribution in [-0.4, -0.2) is 21.7 Å². The zero-order valence-electron chi connectivity index (χ0n) is 13.0. The first-order valence-corrected chi connectivity index (χ1v) is 9.20. The number of aromatic amines is 1. The number of thiocarbonyl (C=S) groups is 1. The molecule has 130 valence electrons. The van der Waals surface area contributed by atoms with E-state index in [1.807, 2.05) is 25.2 Å². The molecule has 25 heavy (non-hydrogen) atoms. The van der Waals surface area contributed by atoms with Gasteiger partial charge < -0.3 is 15.6 Å². The van der Waals surface area contributed by atoms with Crippen molar-refractivity contribution in [3.8, 4) is 0 Å². The van der Waals surface area contributed by atoms with Crippen molar-refractivity contribution in [1.29, 1.82) is 0 Å². The first-order valence-electron chi connectivity index (χ1n) is 7.25. The molecule has 0 amide bonds. The maximum absolute atomic E-state index is 12.3. The van der Waals surface area contributed by atoms with Crippen LogP contribution in [0.1, 0.15) is 5.56 Å². The smallest absolute Gasteiger partial charge is 0.331 e. The van der Waals surface area contributed by atoms with Gasteiger partial charge in [-0.15, -0.1) is 0 Å². The molecular weight excluding hydrogens is 447 g/mol. The van der Waals surface area contributed by atoms with Gasteiger partial charge in [-0.1, -0.05) is 29.3 Å². The predicted octanol–water partition coefficient (Wildman–Crippen LogP) is 4.36. The number of imidazole rings is 1. The van der Waals surface area contributed by atoms with Crippen molar-refractivity contribution in [2.45, 2.75) is 6.54 Å². The van der Waals surface area contributed by atoms with Crippen molar-refractivity contribution >= 4 is 73.2 Å². The van der Waals surface area contributed by atoms with Crippen LogP contribution in [0.5, 0.6) is 0 Å². The average molecular weight is 460 g/mol. The molecule has 3 rings (SSSR count). The average Bonchev–Trinajstić information content (AvgIpc) is 2.86. The lowest BCUT2D eigenvalue weighted by molar-refractivity contribution is 0.817. The summed E-state index contributed by atoms with van der Waals surface area (Å²) < 4.78 is 2.19. The summed E-state index contributed by atoms with van der Waals surface area (Å²) in [6.07, 6.45) is 0. The Morgan fingerprint density at radius 3 is 2.68 bits per heavy atom. The van der Waals surface area contributed by atoms with E-state index in [0.717, 1.165) is 22.3 Å². The Morgan fingerprint density at radius 1 is 1.28 bits per heavy atom. The molecule has 3 N–H and O–H groups in total. The first kappa shape index (κ1) is 18.4. The topological polar surface area (TPSA) is 61.9 Å². The number of benzene rings is 2. The summed E-state index contributed by atoms with van der Waals surface area (Å²) in [4.78, 5) is 15.0. The molecule has 0 aliphatic rings. The van der Waals surface area contributed by atoms with Crippen molar-refractivity contribution in [3.05, 3.63) is 60.9 Å². The molecule has 0 atom stereocenters. The lowest BCUT2D eigenvalue weighted by Gasteiger charge is -2.12. The molecule has 0 aliphatic carbocycles. The van der Waals surface area contributed by atoms with Gasteiger partial charge in [0.2, 0.25) is 0 Å². The van der Waals surface area contributed by atoms with E-state index in [2.05, 4.69) is 31.5 Å². The van der Waals surface area contributed by atoms with Gasteiger partial charge >= 0.3 is 5.69 Å². The number of anilines is 1. The Kier molecular flexibility index (Phi) is 5.50. The van der Waals surface area contributed by atoms with Crippen LogP contribution in [-0.2, 0) is 6.54 Å². The van der Waals surface area contributed by atoms with Crippen LogP contribution < -0.4 is 16.3 Å². The van der Waals surface area contributed by atoms with E-state index in [0.29, 0.717) is 21.1 Å². The second-order valence-corrected chi connectivity index (χ2v) is 7.38. The normalized spacial score (nSPS) is 11.0. The maximum Gasteiger partial charge on any atom is 0.332 e. The lowest BCUT2D eigenvalue weighted by atomic mass is 10.2. The first-order chi connectivity index (χ1) is 11.9. The largest absolute Gasteiger partial charge is 0.332 e. The minimum absolute atomic E-state index is 0.233. The van der Waals surface area contributed by atoms with E-state index in [4.69, 9.17) is 35.4 Å². The third-order valence-corrected chi connectivity index (χ3v) is 5.25. The fourth-order valence-corrected chi connectivity index (χ4v) is 3.59. The molecular formula is C16H13BrCl2N4OS. The van der Waals surface area contributed by atoms with Gasteiger partial charge in [0.1, 0.15) is 0 Å². The number of H-pyrrole nitrogens is 1. The standard InChI is InChI=1S/C16H13BrCl2N4OS/c1-20-7-8-2-3-12(9(17)4-8)22-16(25)23-14-6-11(19)10(18)5-13(14)21-15(23)24/h2-6,20H,7H2,1H3,(H,21,24)(H,22,25). The Labute approximate surface area is 167 Å². The van der Waals surface area contributed by atoms with E-state index < -0.39 is 0 Å². The van der Waals surface area contributed by atoms with E-state index in [-0.39, 0.29) is 10.8 Å². The van der Waals surface area contributed by atoms with E-state index in [1.165, 1.54) is 4.57 Å². The summed E-state index contributed by atoms with van der Waals surface area (Å²) >= 11 is 21.0. The summed E-state index contributed by atoms with van der Waals surface area (Å²) in [6.45, 7) is 0.754. The Hall–Kier alpha value is -1.38. The summed E-state index contributed by atoms with van der Waals surface area (Å²) in [5, 5.41) is 7.12. The van der Waals surface area contributed by atoms with Crippen molar-refractivity contribution in [2.75, 3.05) is 12.4 Å². The maximum atomic E-state index is 12.3. The second kappa shape index (κ2) is 7.47. The molecule has 0 fully saturated rings. The molecule has 9 heteroatoms. The summed E-state index contributed by atoms with van der Waals surface area (Å²) in [7, 11) is 1.88. The van der Waals surface area contributed by atoms with Gasteiger partial charge in [0.05, 0.1) is 26.8 Å². The van der Waals surface area contributed by atoms with Gasteiger partial charge in [-0.3, -0.25) is 0 Å². The van der Waals surface area contributed by atoms with Gasteiger partial charge in [-0.2, -0.15) is 0 Å². The molecule has 5 nitrogen and oxygen atoms in total. The number of nitrogens with zero attached hydrogens (tertiary/aromatic N) is 1. The van der Waals surface area contributed by atoms with Gasteiger partial charge in [0, 0.05) is 11.0 Å². The fraction of sp³-hybridized carbons (Fsp3) is 0.125. The Morgan fingerprint density at radius 2 is 2.00 bits per heavy atom. The van der Waals surface area contributed by atoms with Crippen molar-refractivity contribution in [2.24, 2.45) is 0 Å². The highest BCUT2D eigenvalue weighted by Crippen LogP contribution is 2.27. The van der Waals surface area contributed by atoms with Gasteiger partial charge in [-0.25, -0.2) is 9.36 Å². The minimum Gasteiger partial charge on any atom is -0.331 e. The van der Waals surface area contributed by atoms with Crippen molar-refractivity contribution < 1.29 is 0 Å². The van der Waals surface area contributed by atoms with Crippen LogP contribution in [0.4, 0.5) is 5.69 Å². The number of rotatable bonds is 3. The SMILES string of the molecule is CNCc1ccc(NC(=S)n2c(=O)[nH]c3cc(Cl)c(Cl)cc32)c(Br)c1. The molecule has 1 aromatic heterocycles. The molecule has 0 aliphatic heterocycles. The Bertz CT molecular complexity index is 1030. The highest BCUT2D eigenvalue weighted by molar-refractivity contribution is 9.10. The fourth-order valence-electron chi connectivity index (χ4n) is 2.45. The second-order valence-electron chi connectivity index (χ2n) is 5.32. The van der Waals surface area contributed by atoms with Crippen LogP contribution in [0.15, 0.2) is 39.6 Å².